The number of pyridine rings is 1. The van der Waals surface area contributed by atoms with Gasteiger partial charge < -0.3 is 19.3 Å². The first-order valence-electron chi connectivity index (χ1n) is 9.20. The molecule has 1 amide bonds. The van der Waals surface area contributed by atoms with Crippen molar-refractivity contribution in [3.8, 4) is 11.1 Å². The number of aromatic nitrogens is 1. The highest BCUT2D eigenvalue weighted by atomic mass is 16.6. The minimum atomic E-state index is -0.588. The van der Waals surface area contributed by atoms with Crippen LogP contribution in [0.15, 0.2) is 47.4 Å². The van der Waals surface area contributed by atoms with Gasteiger partial charge in [0.2, 0.25) is 5.56 Å². The van der Waals surface area contributed by atoms with Gasteiger partial charge in [0.1, 0.15) is 5.60 Å². The summed E-state index contributed by atoms with van der Waals surface area (Å²) in [6, 6.07) is 11.3. The zero-order chi connectivity index (χ0) is 19.6. The average molecular weight is 370 g/mol. The van der Waals surface area contributed by atoms with Crippen LogP contribution < -0.4 is 5.56 Å². The molecule has 27 heavy (non-hydrogen) atoms. The van der Waals surface area contributed by atoms with E-state index in [4.69, 9.17) is 9.84 Å². The molecule has 3 rings (SSSR count). The predicted octanol–water partition coefficient (Wildman–Crippen LogP) is 3.10. The number of ether oxygens (including phenoxy) is 1. The number of nitrogens with zero attached hydrogens (tertiary/aromatic N) is 2. The second-order valence-electron chi connectivity index (χ2n) is 7.40. The van der Waals surface area contributed by atoms with E-state index in [-0.39, 0.29) is 24.3 Å². The largest absolute Gasteiger partial charge is 0.443 e. The van der Waals surface area contributed by atoms with Crippen molar-refractivity contribution in [2.75, 3.05) is 13.2 Å². The molecule has 2 heterocycles. The number of amides is 1. The molecule has 6 nitrogen and oxygen atoms in total. The maximum Gasteiger partial charge on any atom is 0.410 e. The molecule has 2 aromatic rings. The van der Waals surface area contributed by atoms with Crippen LogP contribution in [0.25, 0.3) is 11.1 Å². The van der Waals surface area contributed by atoms with Crippen molar-refractivity contribution in [1.29, 1.82) is 0 Å². The Morgan fingerprint density at radius 2 is 1.81 bits per heavy atom. The third-order valence-electron chi connectivity index (χ3n) is 5.37. The number of benzene rings is 1. The molecular weight excluding hydrogens is 344 g/mol. The molecule has 0 aliphatic carbocycles. The monoisotopic (exact) mass is 370 g/mol. The number of aliphatic hydroxyl groups is 1. The van der Waals surface area contributed by atoms with Gasteiger partial charge in [-0.1, -0.05) is 24.3 Å². The molecule has 1 aromatic heterocycles. The van der Waals surface area contributed by atoms with Crippen molar-refractivity contribution in [3.63, 3.8) is 0 Å². The minimum Gasteiger partial charge on any atom is -0.443 e. The first kappa shape index (κ1) is 19.2. The molecule has 1 saturated heterocycles. The summed E-state index contributed by atoms with van der Waals surface area (Å²) in [5.41, 5.74) is 2.37. The molecule has 0 radical (unpaired) electrons. The van der Waals surface area contributed by atoms with Crippen molar-refractivity contribution < 1.29 is 14.6 Å². The van der Waals surface area contributed by atoms with E-state index >= 15 is 0 Å². The van der Waals surface area contributed by atoms with Gasteiger partial charge in [0.05, 0.1) is 6.04 Å². The van der Waals surface area contributed by atoms with Gasteiger partial charge >= 0.3 is 6.09 Å². The van der Waals surface area contributed by atoms with Crippen LogP contribution in [0.1, 0.15) is 38.3 Å². The molecule has 1 fully saturated rings. The molecule has 0 saturated carbocycles. The fourth-order valence-electron chi connectivity index (χ4n) is 3.43. The summed E-state index contributed by atoms with van der Waals surface area (Å²) < 4.78 is 7.14. The first-order chi connectivity index (χ1) is 12.8. The lowest BCUT2D eigenvalue weighted by Crippen LogP contribution is -2.49. The second kappa shape index (κ2) is 7.56. The van der Waals surface area contributed by atoms with Gasteiger partial charge in [0.25, 0.3) is 0 Å². The van der Waals surface area contributed by atoms with Gasteiger partial charge in [-0.3, -0.25) is 4.79 Å². The van der Waals surface area contributed by atoms with Crippen molar-refractivity contribution in [2.24, 2.45) is 7.05 Å². The topological polar surface area (TPSA) is 71.8 Å². The summed E-state index contributed by atoms with van der Waals surface area (Å²) in [5, 5.41) is 9.15. The van der Waals surface area contributed by atoms with E-state index < -0.39 is 5.60 Å². The average Bonchev–Trinajstić information content (AvgIpc) is 2.64. The normalized spacial score (nSPS) is 21.0. The highest BCUT2D eigenvalue weighted by Crippen LogP contribution is 2.32. The number of hydrogen-bond acceptors (Lipinski definition) is 4. The molecule has 0 bridgehead atoms. The molecule has 144 valence electrons. The van der Waals surface area contributed by atoms with E-state index in [9.17, 15) is 9.59 Å². The van der Waals surface area contributed by atoms with Gasteiger partial charge in [-0.05, 0) is 36.6 Å². The van der Waals surface area contributed by atoms with E-state index in [0.29, 0.717) is 19.4 Å². The Bertz CT molecular complexity index is 874. The van der Waals surface area contributed by atoms with Gasteiger partial charge in [0, 0.05) is 45.3 Å². The van der Waals surface area contributed by atoms with Crippen molar-refractivity contribution in [3.05, 3.63) is 58.5 Å². The van der Waals surface area contributed by atoms with Crippen LogP contribution in [0.2, 0.25) is 0 Å². The van der Waals surface area contributed by atoms with Crippen LogP contribution in [-0.2, 0) is 11.8 Å². The fraction of sp³-hybridized carbons (Fsp3) is 0.429. The molecule has 6 heteroatoms. The molecule has 1 aromatic carbocycles. The Balaban J connectivity index is 1.74. The smallest absolute Gasteiger partial charge is 0.410 e. The fourth-order valence-corrected chi connectivity index (χ4v) is 3.43. The molecular formula is C21H26N2O4. The van der Waals surface area contributed by atoms with Gasteiger partial charge in [-0.2, -0.15) is 0 Å². The van der Waals surface area contributed by atoms with Crippen LogP contribution in [-0.4, -0.2) is 39.4 Å². The second-order valence-corrected chi connectivity index (χ2v) is 7.40. The van der Waals surface area contributed by atoms with Crippen LogP contribution in [0.3, 0.4) is 0 Å². The van der Waals surface area contributed by atoms with E-state index in [0.717, 1.165) is 16.7 Å². The minimum absolute atomic E-state index is 0.00583. The van der Waals surface area contributed by atoms with Gasteiger partial charge in [0.15, 0.2) is 0 Å². The molecule has 1 aliphatic rings. The summed E-state index contributed by atoms with van der Waals surface area (Å²) in [4.78, 5) is 25.7. The number of hydrogen-bond donors (Lipinski definition) is 1. The Kier molecular flexibility index (Phi) is 5.37. The molecule has 1 unspecified atom stereocenters. The lowest BCUT2D eigenvalue weighted by Gasteiger charge is -2.41. The highest BCUT2D eigenvalue weighted by molar-refractivity contribution is 5.70. The summed E-state index contributed by atoms with van der Waals surface area (Å²) in [7, 11) is 1.73. The van der Waals surface area contributed by atoms with E-state index in [1.165, 1.54) is 0 Å². The maximum atomic E-state index is 12.4. The van der Waals surface area contributed by atoms with Crippen molar-refractivity contribution in [2.45, 2.75) is 38.3 Å². The summed E-state index contributed by atoms with van der Waals surface area (Å²) in [6.45, 7) is 4.45. The van der Waals surface area contributed by atoms with Crippen LogP contribution in [0.4, 0.5) is 4.79 Å². The van der Waals surface area contributed by atoms with E-state index in [1.54, 1.807) is 22.6 Å². The molecule has 1 aliphatic heterocycles. The molecule has 2 atom stereocenters. The quantitative estimate of drug-likeness (QED) is 0.878. The van der Waals surface area contributed by atoms with E-state index in [2.05, 4.69) is 0 Å². The van der Waals surface area contributed by atoms with Crippen molar-refractivity contribution >= 4 is 6.09 Å². The molecule has 0 spiro atoms. The number of aliphatic hydroxyl groups excluding tert-OH is 1. The van der Waals surface area contributed by atoms with Crippen molar-refractivity contribution in [1.82, 2.24) is 9.47 Å². The maximum absolute atomic E-state index is 12.4. The lowest BCUT2D eigenvalue weighted by atomic mass is 9.95. The summed E-state index contributed by atoms with van der Waals surface area (Å²) >= 11 is 0. The lowest BCUT2D eigenvalue weighted by molar-refractivity contribution is -0.0559. The zero-order valence-electron chi connectivity index (χ0n) is 16.0. The first-order valence-corrected chi connectivity index (χ1v) is 9.20. The Morgan fingerprint density at radius 1 is 1.15 bits per heavy atom. The third kappa shape index (κ3) is 4.06. The SMILES string of the molecule is CC(c1ccc(-c2ccc(=O)n(C)c2)cc1)N1CC[C@@](C)(CCO)OC1=O. The van der Waals surface area contributed by atoms with Crippen LogP contribution in [0, 0.1) is 0 Å². The van der Waals surface area contributed by atoms with E-state index in [1.807, 2.05) is 50.4 Å². The number of aryl methyl sites for hydroxylation is 1. The third-order valence-corrected chi connectivity index (χ3v) is 5.37. The Morgan fingerprint density at radius 3 is 2.41 bits per heavy atom. The number of rotatable bonds is 5. The number of carbonyl (C=O) groups is 1. The van der Waals surface area contributed by atoms with Crippen LogP contribution >= 0.6 is 0 Å². The zero-order valence-corrected chi connectivity index (χ0v) is 16.0. The predicted molar refractivity (Wildman–Crippen MR) is 103 cm³/mol. The van der Waals surface area contributed by atoms with Gasteiger partial charge in [-0.25, -0.2) is 4.79 Å². The van der Waals surface area contributed by atoms with Crippen LogP contribution in [0.5, 0.6) is 0 Å². The summed E-state index contributed by atoms with van der Waals surface area (Å²) in [6.07, 6.45) is 2.62. The summed E-state index contributed by atoms with van der Waals surface area (Å²) in [5.74, 6) is 0. The number of cyclic esters (lactones) is 1. The highest BCUT2D eigenvalue weighted by Gasteiger charge is 2.38. The Labute approximate surface area is 159 Å². The molecule has 1 N–H and O–H groups in total. The van der Waals surface area contributed by atoms with Gasteiger partial charge in [-0.15, -0.1) is 0 Å². The standard InChI is InChI=1S/C21H26N2O4/c1-15(23-12-10-21(2,11-13-24)27-20(23)26)16-4-6-17(7-5-16)18-8-9-19(25)22(3)14-18/h4-9,14-15,24H,10-13H2,1-3H3/t15?,21-/m0/s1. The Hall–Kier alpha value is -2.60. The number of carbonyl (C=O) groups excluding carboxylic acids is 1.